The first-order valence-corrected chi connectivity index (χ1v) is 6.85. The van der Waals surface area contributed by atoms with E-state index in [4.69, 9.17) is 0 Å². The highest BCUT2D eigenvalue weighted by molar-refractivity contribution is 9.11. The van der Waals surface area contributed by atoms with Gasteiger partial charge >= 0.3 is 0 Å². The Morgan fingerprint density at radius 3 is 2.21 bits per heavy atom. The molecule has 0 atom stereocenters. The highest BCUT2D eigenvalue weighted by Crippen LogP contribution is 2.31. The number of aromatic hydroxyl groups is 2. The molecule has 0 aromatic heterocycles. The van der Waals surface area contributed by atoms with E-state index in [2.05, 4.69) is 37.2 Å². The van der Waals surface area contributed by atoms with Gasteiger partial charge in [0.15, 0.2) is 11.5 Å². The lowest BCUT2D eigenvalue weighted by Crippen LogP contribution is -2.12. The molecule has 4 nitrogen and oxygen atoms in total. The monoisotopic (exact) mass is 385 g/mol. The van der Waals surface area contributed by atoms with Gasteiger partial charge in [0.1, 0.15) is 0 Å². The molecule has 0 radical (unpaired) electrons. The quantitative estimate of drug-likeness (QED) is 0.686. The average molecular weight is 387 g/mol. The van der Waals surface area contributed by atoms with E-state index in [0.29, 0.717) is 5.69 Å². The van der Waals surface area contributed by atoms with E-state index in [0.717, 1.165) is 8.95 Å². The number of benzene rings is 2. The first kappa shape index (κ1) is 13.9. The zero-order valence-electron chi connectivity index (χ0n) is 9.52. The van der Waals surface area contributed by atoms with Crippen LogP contribution in [-0.2, 0) is 0 Å². The molecule has 0 spiro atoms. The Labute approximate surface area is 126 Å². The predicted octanol–water partition coefficient (Wildman–Crippen LogP) is 3.88. The van der Waals surface area contributed by atoms with Crippen LogP contribution in [0.4, 0.5) is 5.69 Å². The molecular weight excluding hydrogens is 378 g/mol. The maximum atomic E-state index is 12.0. The summed E-state index contributed by atoms with van der Waals surface area (Å²) < 4.78 is 1.47. The molecule has 2 aromatic carbocycles. The van der Waals surface area contributed by atoms with Gasteiger partial charge in [0.2, 0.25) is 0 Å². The van der Waals surface area contributed by atoms with Crippen molar-refractivity contribution in [2.45, 2.75) is 0 Å². The SMILES string of the molecule is O=C(Nc1c(Br)cccc1Br)c1ccc(O)c(O)c1. The summed E-state index contributed by atoms with van der Waals surface area (Å²) in [5.74, 6) is -0.986. The molecule has 19 heavy (non-hydrogen) atoms. The molecule has 0 bridgehead atoms. The number of amides is 1. The van der Waals surface area contributed by atoms with Crippen LogP contribution in [0.1, 0.15) is 10.4 Å². The normalized spacial score (nSPS) is 10.2. The van der Waals surface area contributed by atoms with Crippen LogP contribution < -0.4 is 5.32 Å². The van der Waals surface area contributed by atoms with Crippen LogP contribution in [0.25, 0.3) is 0 Å². The van der Waals surface area contributed by atoms with E-state index in [1.807, 2.05) is 6.07 Å². The number of phenols is 2. The number of carbonyl (C=O) groups excluding carboxylic acids is 1. The molecule has 0 heterocycles. The van der Waals surface area contributed by atoms with Crippen molar-refractivity contribution in [2.24, 2.45) is 0 Å². The number of hydrogen-bond acceptors (Lipinski definition) is 3. The minimum Gasteiger partial charge on any atom is -0.504 e. The maximum absolute atomic E-state index is 12.0. The summed E-state index contributed by atoms with van der Waals surface area (Å²) in [7, 11) is 0. The Balaban J connectivity index is 2.28. The van der Waals surface area contributed by atoms with Crippen molar-refractivity contribution in [3.8, 4) is 11.5 Å². The van der Waals surface area contributed by atoms with Crippen molar-refractivity contribution >= 4 is 43.5 Å². The number of anilines is 1. The second-order valence-electron chi connectivity index (χ2n) is 3.75. The van der Waals surface area contributed by atoms with Crippen molar-refractivity contribution in [2.75, 3.05) is 5.32 Å². The summed E-state index contributed by atoms with van der Waals surface area (Å²) in [5.41, 5.74) is 0.845. The van der Waals surface area contributed by atoms with Crippen LogP contribution in [0.5, 0.6) is 11.5 Å². The first-order chi connectivity index (χ1) is 8.99. The molecule has 0 unspecified atom stereocenters. The third-order valence-corrected chi connectivity index (χ3v) is 3.76. The fraction of sp³-hybridized carbons (Fsp3) is 0. The molecule has 0 fully saturated rings. The van der Waals surface area contributed by atoms with Gasteiger partial charge in [0, 0.05) is 14.5 Å². The number of phenolic OH excluding ortho intramolecular Hbond substituents is 2. The maximum Gasteiger partial charge on any atom is 0.255 e. The van der Waals surface area contributed by atoms with E-state index >= 15 is 0 Å². The molecule has 2 aromatic rings. The fourth-order valence-electron chi connectivity index (χ4n) is 1.47. The predicted molar refractivity (Wildman–Crippen MR) is 79.6 cm³/mol. The highest BCUT2D eigenvalue weighted by atomic mass is 79.9. The number of hydrogen-bond donors (Lipinski definition) is 3. The second kappa shape index (κ2) is 5.63. The molecule has 0 saturated carbocycles. The van der Waals surface area contributed by atoms with Crippen molar-refractivity contribution < 1.29 is 15.0 Å². The van der Waals surface area contributed by atoms with E-state index in [9.17, 15) is 15.0 Å². The summed E-state index contributed by atoms with van der Waals surface area (Å²) in [6, 6.07) is 9.32. The summed E-state index contributed by atoms with van der Waals surface area (Å²) >= 11 is 6.68. The Bertz CT molecular complexity index is 624. The van der Waals surface area contributed by atoms with Gasteiger partial charge in [-0.2, -0.15) is 0 Å². The lowest BCUT2D eigenvalue weighted by atomic mass is 10.2. The molecule has 0 saturated heterocycles. The number of halogens is 2. The molecule has 1 amide bonds. The lowest BCUT2D eigenvalue weighted by molar-refractivity contribution is 0.102. The molecule has 0 aliphatic rings. The van der Waals surface area contributed by atoms with Crippen LogP contribution in [0, 0.1) is 0 Å². The van der Waals surface area contributed by atoms with Crippen molar-refractivity contribution in [1.29, 1.82) is 0 Å². The number of rotatable bonds is 2. The summed E-state index contributed by atoms with van der Waals surface area (Å²) in [6.07, 6.45) is 0. The van der Waals surface area contributed by atoms with Crippen molar-refractivity contribution in [3.05, 3.63) is 50.9 Å². The Morgan fingerprint density at radius 2 is 1.63 bits per heavy atom. The Kier molecular flexibility index (Phi) is 4.11. The standard InChI is InChI=1S/C13H9Br2NO3/c14-8-2-1-3-9(15)12(8)16-13(19)7-4-5-10(17)11(18)6-7/h1-6,17-18H,(H,16,19). The zero-order valence-corrected chi connectivity index (χ0v) is 12.7. The van der Waals surface area contributed by atoms with Gasteiger partial charge in [-0.15, -0.1) is 0 Å². The summed E-state index contributed by atoms with van der Waals surface area (Å²) in [5, 5.41) is 21.3. The van der Waals surface area contributed by atoms with E-state index < -0.39 is 0 Å². The molecule has 2 rings (SSSR count). The summed E-state index contributed by atoms with van der Waals surface area (Å²) in [4.78, 5) is 12.0. The van der Waals surface area contributed by atoms with Gasteiger partial charge < -0.3 is 15.5 Å². The molecular formula is C13H9Br2NO3. The minimum atomic E-state index is -0.386. The summed E-state index contributed by atoms with van der Waals surface area (Å²) in [6.45, 7) is 0. The highest BCUT2D eigenvalue weighted by Gasteiger charge is 2.12. The number of carbonyl (C=O) groups is 1. The Morgan fingerprint density at radius 1 is 1.00 bits per heavy atom. The molecule has 0 aliphatic heterocycles. The van der Waals surface area contributed by atoms with E-state index in [1.165, 1.54) is 18.2 Å². The lowest BCUT2D eigenvalue weighted by Gasteiger charge is -2.10. The van der Waals surface area contributed by atoms with Crippen LogP contribution >= 0.6 is 31.9 Å². The molecule has 6 heteroatoms. The largest absolute Gasteiger partial charge is 0.504 e. The van der Waals surface area contributed by atoms with Crippen LogP contribution in [0.2, 0.25) is 0 Å². The second-order valence-corrected chi connectivity index (χ2v) is 5.46. The number of nitrogens with one attached hydrogen (secondary N) is 1. The van der Waals surface area contributed by atoms with Crippen LogP contribution in [0.15, 0.2) is 45.3 Å². The van der Waals surface area contributed by atoms with Gasteiger partial charge in [0.25, 0.3) is 5.91 Å². The van der Waals surface area contributed by atoms with Crippen molar-refractivity contribution in [1.82, 2.24) is 0 Å². The molecule has 0 aliphatic carbocycles. The third-order valence-electron chi connectivity index (χ3n) is 2.44. The third kappa shape index (κ3) is 3.08. The zero-order chi connectivity index (χ0) is 14.0. The van der Waals surface area contributed by atoms with Gasteiger partial charge in [-0.1, -0.05) is 6.07 Å². The van der Waals surface area contributed by atoms with Gasteiger partial charge in [-0.3, -0.25) is 4.79 Å². The van der Waals surface area contributed by atoms with E-state index in [-0.39, 0.29) is 23.0 Å². The molecule has 3 N–H and O–H groups in total. The molecule has 98 valence electrons. The first-order valence-electron chi connectivity index (χ1n) is 5.26. The van der Waals surface area contributed by atoms with Crippen LogP contribution in [-0.4, -0.2) is 16.1 Å². The van der Waals surface area contributed by atoms with Crippen LogP contribution in [0.3, 0.4) is 0 Å². The smallest absolute Gasteiger partial charge is 0.255 e. The topological polar surface area (TPSA) is 69.6 Å². The van der Waals surface area contributed by atoms with Crippen molar-refractivity contribution in [3.63, 3.8) is 0 Å². The minimum absolute atomic E-state index is 0.248. The average Bonchev–Trinajstić information content (AvgIpc) is 2.37. The van der Waals surface area contributed by atoms with Gasteiger partial charge in [0.05, 0.1) is 5.69 Å². The van der Waals surface area contributed by atoms with Gasteiger partial charge in [-0.05, 0) is 62.2 Å². The number of para-hydroxylation sites is 1. The fourth-order valence-corrected chi connectivity index (χ4v) is 2.66. The Hall–Kier alpha value is -1.53. The van der Waals surface area contributed by atoms with Gasteiger partial charge in [-0.25, -0.2) is 0 Å². The van der Waals surface area contributed by atoms with E-state index in [1.54, 1.807) is 12.1 Å².